The molecule has 0 atom stereocenters. The highest BCUT2D eigenvalue weighted by atomic mass is 35.5. The fraction of sp³-hybridized carbons (Fsp3) is 0. The molecular weight excluding hydrogens is 262 g/mol. The van der Waals surface area contributed by atoms with Crippen LogP contribution in [0.25, 0.3) is 5.69 Å². The van der Waals surface area contributed by atoms with Gasteiger partial charge in [-0.3, -0.25) is 0 Å². The van der Waals surface area contributed by atoms with Gasteiger partial charge >= 0.3 is 11.9 Å². The molecule has 0 radical (unpaired) electrons. The zero-order valence-electron chi connectivity index (χ0n) is 8.74. The molecule has 8 heteroatoms. The van der Waals surface area contributed by atoms with Crippen LogP contribution < -0.4 is 0 Å². The van der Waals surface area contributed by atoms with E-state index in [1.807, 2.05) is 0 Å². The summed E-state index contributed by atoms with van der Waals surface area (Å²) in [4.78, 5) is 21.8. The first-order valence-corrected chi connectivity index (χ1v) is 5.05. The Hall–Kier alpha value is -2.41. The molecular formula is C10H6ClN3O4. The lowest BCUT2D eigenvalue weighted by Crippen LogP contribution is -2.09. The summed E-state index contributed by atoms with van der Waals surface area (Å²) in [5.41, 5.74) is -0.0543. The van der Waals surface area contributed by atoms with E-state index in [0.29, 0.717) is 0 Å². The van der Waals surface area contributed by atoms with Crippen LogP contribution in [0.4, 0.5) is 0 Å². The Kier molecular flexibility index (Phi) is 2.99. The highest BCUT2D eigenvalue weighted by Gasteiger charge is 2.16. The maximum absolute atomic E-state index is 10.9. The number of carboxylic acids is 2. The van der Waals surface area contributed by atoms with Crippen LogP contribution >= 0.6 is 11.6 Å². The second-order valence-corrected chi connectivity index (χ2v) is 3.71. The van der Waals surface area contributed by atoms with Gasteiger partial charge in [-0.15, -0.1) is 5.10 Å². The number of carboxylic acid groups (broad SMARTS) is 2. The summed E-state index contributed by atoms with van der Waals surface area (Å²) in [6.45, 7) is 0. The predicted molar refractivity (Wildman–Crippen MR) is 60.3 cm³/mol. The minimum Gasteiger partial charge on any atom is -0.478 e. The number of aromatic carboxylic acids is 2. The van der Waals surface area contributed by atoms with E-state index < -0.39 is 11.9 Å². The molecule has 7 nitrogen and oxygen atoms in total. The lowest BCUT2D eigenvalue weighted by Gasteiger charge is -2.05. The van der Waals surface area contributed by atoms with Crippen LogP contribution in [0.15, 0.2) is 24.4 Å². The molecule has 1 aromatic carbocycles. The molecule has 0 saturated carbocycles. The van der Waals surface area contributed by atoms with Gasteiger partial charge in [0.25, 0.3) is 0 Å². The molecule has 0 aliphatic heterocycles. The maximum atomic E-state index is 10.9. The predicted octanol–water partition coefficient (Wildman–Crippen LogP) is 1.32. The van der Waals surface area contributed by atoms with E-state index in [2.05, 4.69) is 10.3 Å². The second kappa shape index (κ2) is 4.46. The highest BCUT2D eigenvalue weighted by molar-refractivity contribution is 6.33. The average molecular weight is 268 g/mol. The average Bonchev–Trinajstić information content (AvgIpc) is 2.78. The lowest BCUT2D eigenvalue weighted by molar-refractivity contribution is 0.0681. The van der Waals surface area contributed by atoms with Crippen LogP contribution in [-0.2, 0) is 0 Å². The van der Waals surface area contributed by atoms with E-state index in [1.165, 1.54) is 18.2 Å². The van der Waals surface area contributed by atoms with Crippen molar-refractivity contribution >= 4 is 23.5 Å². The van der Waals surface area contributed by atoms with Crippen LogP contribution in [0, 0.1) is 0 Å². The second-order valence-electron chi connectivity index (χ2n) is 3.31. The first-order chi connectivity index (χ1) is 8.50. The molecule has 2 rings (SSSR count). The van der Waals surface area contributed by atoms with Crippen LogP contribution in [0.5, 0.6) is 0 Å². The molecule has 2 N–H and O–H groups in total. The molecule has 0 amide bonds. The minimum atomic E-state index is -1.22. The molecule has 0 fully saturated rings. The van der Waals surface area contributed by atoms with Crippen molar-refractivity contribution in [1.29, 1.82) is 0 Å². The number of benzene rings is 1. The quantitative estimate of drug-likeness (QED) is 0.869. The Morgan fingerprint density at radius 2 is 1.94 bits per heavy atom. The molecule has 1 heterocycles. The number of aromatic nitrogens is 3. The minimum absolute atomic E-state index is 0.0586. The van der Waals surface area contributed by atoms with Gasteiger partial charge in [-0.2, -0.15) is 0 Å². The van der Waals surface area contributed by atoms with Gasteiger partial charge in [0.2, 0.25) is 0 Å². The molecule has 0 saturated heterocycles. The summed E-state index contributed by atoms with van der Waals surface area (Å²) >= 11 is 5.71. The topological polar surface area (TPSA) is 105 Å². The molecule has 0 aliphatic carbocycles. The van der Waals surface area contributed by atoms with Crippen LogP contribution in [-0.4, -0.2) is 37.1 Å². The summed E-state index contributed by atoms with van der Waals surface area (Å²) in [5.74, 6) is -2.43. The van der Waals surface area contributed by atoms with Crippen molar-refractivity contribution in [2.75, 3.05) is 0 Å². The van der Waals surface area contributed by atoms with Crippen molar-refractivity contribution < 1.29 is 19.8 Å². The van der Waals surface area contributed by atoms with Gasteiger partial charge in [0.15, 0.2) is 5.69 Å². The summed E-state index contributed by atoms with van der Waals surface area (Å²) < 4.78 is 1.02. The number of halogens is 1. The summed E-state index contributed by atoms with van der Waals surface area (Å²) in [5, 5.41) is 24.9. The van der Waals surface area contributed by atoms with Gasteiger partial charge in [-0.05, 0) is 18.2 Å². The third-order valence-corrected chi connectivity index (χ3v) is 2.52. The Balaban J connectivity index is 2.58. The number of nitrogens with zero attached hydrogens (tertiary/aromatic N) is 3. The molecule has 0 unspecified atom stereocenters. The molecule has 0 spiro atoms. The molecule has 0 bridgehead atoms. The fourth-order valence-corrected chi connectivity index (χ4v) is 1.58. The number of rotatable bonds is 3. The third-order valence-electron chi connectivity index (χ3n) is 2.19. The number of hydrogen-bond donors (Lipinski definition) is 2. The van der Waals surface area contributed by atoms with Crippen LogP contribution in [0.2, 0.25) is 5.02 Å². The SMILES string of the molecule is O=C(O)c1cc(-n2nncc2C(=O)O)ccc1Cl. The zero-order valence-corrected chi connectivity index (χ0v) is 9.50. The van der Waals surface area contributed by atoms with Gasteiger partial charge in [0.1, 0.15) is 0 Å². The van der Waals surface area contributed by atoms with Crippen molar-refractivity contribution in [3.63, 3.8) is 0 Å². The summed E-state index contributed by atoms with van der Waals surface area (Å²) in [7, 11) is 0. The van der Waals surface area contributed by atoms with Crippen LogP contribution in [0.3, 0.4) is 0 Å². The molecule has 0 aliphatic rings. The molecule has 92 valence electrons. The monoisotopic (exact) mass is 267 g/mol. The lowest BCUT2D eigenvalue weighted by atomic mass is 10.2. The summed E-state index contributed by atoms with van der Waals surface area (Å²) in [6, 6.07) is 4.04. The third kappa shape index (κ3) is 2.03. The smallest absolute Gasteiger partial charge is 0.356 e. The van der Waals surface area contributed by atoms with Gasteiger partial charge < -0.3 is 10.2 Å². The van der Waals surface area contributed by atoms with E-state index in [0.717, 1.165) is 10.9 Å². The van der Waals surface area contributed by atoms with Gasteiger partial charge in [0, 0.05) is 0 Å². The van der Waals surface area contributed by atoms with Crippen molar-refractivity contribution in [3.8, 4) is 5.69 Å². The first kappa shape index (κ1) is 12.1. The van der Waals surface area contributed by atoms with Gasteiger partial charge in [-0.25, -0.2) is 14.3 Å². The number of hydrogen-bond acceptors (Lipinski definition) is 4. The molecule has 18 heavy (non-hydrogen) atoms. The van der Waals surface area contributed by atoms with E-state index >= 15 is 0 Å². The Morgan fingerprint density at radius 1 is 1.22 bits per heavy atom. The van der Waals surface area contributed by atoms with Crippen molar-refractivity contribution in [3.05, 3.63) is 40.7 Å². The van der Waals surface area contributed by atoms with E-state index in [-0.39, 0.29) is 22.0 Å². The largest absolute Gasteiger partial charge is 0.478 e. The van der Waals surface area contributed by atoms with E-state index in [9.17, 15) is 9.59 Å². The molecule has 2 aromatic rings. The maximum Gasteiger partial charge on any atom is 0.356 e. The standard InChI is InChI=1S/C10H6ClN3O4/c11-7-2-1-5(3-6(7)9(15)16)14-8(10(17)18)4-12-13-14/h1-4H,(H,15,16)(H,17,18). The van der Waals surface area contributed by atoms with Crippen molar-refractivity contribution in [2.24, 2.45) is 0 Å². The highest BCUT2D eigenvalue weighted by Crippen LogP contribution is 2.20. The van der Waals surface area contributed by atoms with Crippen molar-refractivity contribution in [1.82, 2.24) is 15.0 Å². The Labute approximate surface area is 105 Å². The zero-order chi connectivity index (χ0) is 13.3. The Morgan fingerprint density at radius 3 is 2.56 bits per heavy atom. The van der Waals surface area contributed by atoms with Gasteiger partial charge in [-0.1, -0.05) is 16.8 Å². The van der Waals surface area contributed by atoms with Gasteiger partial charge in [0.05, 0.1) is 22.5 Å². The fourth-order valence-electron chi connectivity index (χ4n) is 1.38. The van der Waals surface area contributed by atoms with Crippen LogP contribution in [0.1, 0.15) is 20.8 Å². The number of carbonyl (C=O) groups is 2. The normalized spacial score (nSPS) is 10.3. The first-order valence-electron chi connectivity index (χ1n) is 4.68. The molecule has 1 aromatic heterocycles. The Bertz CT molecular complexity index is 638. The van der Waals surface area contributed by atoms with E-state index in [4.69, 9.17) is 21.8 Å². The van der Waals surface area contributed by atoms with Crippen molar-refractivity contribution in [2.45, 2.75) is 0 Å². The van der Waals surface area contributed by atoms with E-state index in [1.54, 1.807) is 0 Å². The summed E-state index contributed by atoms with van der Waals surface area (Å²) in [6.07, 6.45) is 1.07.